The maximum Gasteiger partial charge on any atom is 0.434 e. The standard InChI is InChI=1S/C11H11F6N3O2/c1-19-3-2-7(18-19)6-4-20(5-6)9(21)22-8(10(12,13)14)11(15,16)17/h2-3,6,8H,4-5H2,1H3. The van der Waals surface area contributed by atoms with E-state index >= 15 is 0 Å². The van der Waals surface area contributed by atoms with Gasteiger partial charge in [0.15, 0.2) is 0 Å². The van der Waals surface area contributed by atoms with Gasteiger partial charge in [0.05, 0.1) is 5.69 Å². The molecule has 1 saturated heterocycles. The van der Waals surface area contributed by atoms with E-state index in [1.54, 1.807) is 19.3 Å². The number of nitrogens with zero attached hydrogens (tertiary/aromatic N) is 3. The van der Waals surface area contributed by atoms with Crippen LogP contribution in [0, 0.1) is 0 Å². The lowest BCUT2D eigenvalue weighted by atomic mass is 9.97. The maximum atomic E-state index is 12.3. The molecule has 0 atom stereocenters. The van der Waals surface area contributed by atoms with Crippen LogP contribution in [0.2, 0.25) is 0 Å². The van der Waals surface area contributed by atoms with Crippen molar-refractivity contribution in [2.24, 2.45) is 7.05 Å². The van der Waals surface area contributed by atoms with Crippen molar-refractivity contribution >= 4 is 6.09 Å². The zero-order chi connectivity index (χ0) is 16.7. The predicted molar refractivity (Wildman–Crippen MR) is 59.9 cm³/mol. The number of alkyl halides is 6. The van der Waals surface area contributed by atoms with Gasteiger partial charge in [0.1, 0.15) is 0 Å². The zero-order valence-corrected chi connectivity index (χ0v) is 11.1. The van der Waals surface area contributed by atoms with Crippen LogP contribution in [0.3, 0.4) is 0 Å². The van der Waals surface area contributed by atoms with Gasteiger partial charge in [0, 0.05) is 32.3 Å². The summed E-state index contributed by atoms with van der Waals surface area (Å²) in [6.45, 7) is -0.0867. The van der Waals surface area contributed by atoms with E-state index in [2.05, 4.69) is 9.84 Å². The molecule has 1 amide bonds. The first-order valence-electron chi connectivity index (χ1n) is 6.07. The predicted octanol–water partition coefficient (Wildman–Crippen LogP) is 2.45. The van der Waals surface area contributed by atoms with E-state index in [-0.39, 0.29) is 19.0 Å². The van der Waals surface area contributed by atoms with Crippen molar-refractivity contribution in [3.8, 4) is 0 Å². The minimum atomic E-state index is -5.71. The third-order valence-electron chi connectivity index (χ3n) is 3.11. The summed E-state index contributed by atoms with van der Waals surface area (Å²) in [5.74, 6) is -0.232. The van der Waals surface area contributed by atoms with Gasteiger partial charge in [-0.1, -0.05) is 0 Å². The van der Waals surface area contributed by atoms with E-state index in [0.717, 1.165) is 4.90 Å². The second-order valence-electron chi connectivity index (χ2n) is 4.86. The van der Waals surface area contributed by atoms with Gasteiger partial charge in [0.25, 0.3) is 6.10 Å². The lowest BCUT2D eigenvalue weighted by Crippen LogP contribution is -2.53. The molecule has 0 aliphatic carbocycles. The summed E-state index contributed by atoms with van der Waals surface area (Å²) in [4.78, 5) is 12.2. The Morgan fingerprint density at radius 1 is 1.27 bits per heavy atom. The van der Waals surface area contributed by atoms with Crippen molar-refractivity contribution in [1.82, 2.24) is 14.7 Å². The Bertz CT molecular complexity index is 533. The van der Waals surface area contributed by atoms with Gasteiger partial charge in [-0.3, -0.25) is 4.68 Å². The van der Waals surface area contributed by atoms with E-state index in [9.17, 15) is 31.1 Å². The first kappa shape index (κ1) is 16.4. The molecule has 1 fully saturated rings. The smallest absolute Gasteiger partial charge is 0.426 e. The molecule has 5 nitrogen and oxygen atoms in total. The Balaban J connectivity index is 1.93. The number of hydrogen-bond donors (Lipinski definition) is 0. The number of rotatable bonds is 2. The highest BCUT2D eigenvalue weighted by Crippen LogP contribution is 2.37. The van der Waals surface area contributed by atoms with Crippen LogP contribution in [-0.2, 0) is 11.8 Å². The molecule has 0 unspecified atom stereocenters. The largest absolute Gasteiger partial charge is 0.434 e. The fourth-order valence-electron chi connectivity index (χ4n) is 1.96. The molecule has 1 aromatic rings. The lowest BCUT2D eigenvalue weighted by Gasteiger charge is -2.38. The SMILES string of the molecule is Cn1ccc(C2CN(C(=O)OC(C(F)(F)F)C(F)(F)F)C2)n1. The molecule has 0 N–H and O–H groups in total. The number of amides is 1. The average Bonchev–Trinajstić information content (AvgIpc) is 2.67. The molecular formula is C11H11F6N3O2. The molecule has 0 radical (unpaired) electrons. The van der Waals surface area contributed by atoms with Crippen molar-refractivity contribution in [2.75, 3.05) is 13.1 Å². The Labute approximate surface area is 120 Å². The Hall–Kier alpha value is -1.94. The summed E-state index contributed by atoms with van der Waals surface area (Å²) < 4.78 is 78.7. The highest BCUT2D eigenvalue weighted by Gasteiger charge is 2.60. The van der Waals surface area contributed by atoms with Crippen molar-refractivity contribution < 1.29 is 35.9 Å². The molecule has 1 aliphatic rings. The Morgan fingerprint density at radius 3 is 2.23 bits per heavy atom. The third kappa shape index (κ3) is 3.45. The lowest BCUT2D eigenvalue weighted by molar-refractivity contribution is -0.308. The zero-order valence-electron chi connectivity index (χ0n) is 11.1. The summed E-state index contributed by atoms with van der Waals surface area (Å²) in [5, 5.41) is 4.04. The third-order valence-corrected chi connectivity index (χ3v) is 3.11. The van der Waals surface area contributed by atoms with Gasteiger partial charge in [-0.2, -0.15) is 31.4 Å². The van der Waals surface area contributed by atoms with E-state index in [4.69, 9.17) is 0 Å². The Kier molecular flexibility index (Phi) is 4.00. The summed E-state index contributed by atoms with van der Waals surface area (Å²) >= 11 is 0. The van der Waals surface area contributed by atoms with Crippen LogP contribution < -0.4 is 0 Å². The average molecular weight is 331 g/mol. The second-order valence-corrected chi connectivity index (χ2v) is 4.86. The van der Waals surface area contributed by atoms with E-state index in [1.165, 1.54) is 4.68 Å². The molecule has 2 heterocycles. The molecule has 2 rings (SSSR count). The molecule has 22 heavy (non-hydrogen) atoms. The van der Waals surface area contributed by atoms with Crippen LogP contribution in [0.15, 0.2) is 12.3 Å². The molecule has 1 aromatic heterocycles. The maximum absolute atomic E-state index is 12.3. The van der Waals surface area contributed by atoms with E-state index in [1.807, 2.05) is 0 Å². The van der Waals surface area contributed by atoms with Crippen molar-refractivity contribution in [1.29, 1.82) is 0 Å². The first-order chi connectivity index (χ1) is 9.98. The normalized spacial score (nSPS) is 16.8. The summed E-state index contributed by atoms with van der Waals surface area (Å²) in [6.07, 6.45) is -15.5. The summed E-state index contributed by atoms with van der Waals surface area (Å²) in [6, 6.07) is 1.65. The van der Waals surface area contributed by atoms with Gasteiger partial charge < -0.3 is 9.64 Å². The monoisotopic (exact) mass is 331 g/mol. The van der Waals surface area contributed by atoms with Gasteiger partial charge in [-0.15, -0.1) is 0 Å². The molecule has 11 heteroatoms. The first-order valence-corrected chi connectivity index (χ1v) is 6.07. The number of likely N-dealkylation sites (tertiary alicyclic amines) is 1. The number of aryl methyl sites for hydroxylation is 1. The Morgan fingerprint density at radius 2 is 1.82 bits per heavy atom. The van der Waals surface area contributed by atoms with Crippen molar-refractivity contribution in [3.05, 3.63) is 18.0 Å². The van der Waals surface area contributed by atoms with Crippen LogP contribution >= 0.6 is 0 Å². The fourth-order valence-corrected chi connectivity index (χ4v) is 1.96. The molecule has 0 aromatic carbocycles. The number of carbonyl (C=O) groups excluding carboxylic acids is 1. The number of carbonyl (C=O) groups is 1. The molecule has 1 aliphatic heterocycles. The fraction of sp³-hybridized carbons (Fsp3) is 0.636. The van der Waals surface area contributed by atoms with Gasteiger partial charge >= 0.3 is 18.4 Å². The highest BCUT2D eigenvalue weighted by molar-refractivity contribution is 5.69. The minimum Gasteiger partial charge on any atom is -0.426 e. The second kappa shape index (κ2) is 5.36. The van der Waals surface area contributed by atoms with Crippen LogP contribution in [0.5, 0.6) is 0 Å². The highest BCUT2D eigenvalue weighted by atomic mass is 19.4. The van der Waals surface area contributed by atoms with E-state index < -0.39 is 24.5 Å². The number of halogens is 6. The van der Waals surface area contributed by atoms with E-state index in [0.29, 0.717) is 5.69 Å². The molecule has 0 bridgehead atoms. The quantitative estimate of drug-likeness (QED) is 0.782. The van der Waals surface area contributed by atoms with Crippen molar-refractivity contribution in [2.45, 2.75) is 24.4 Å². The molecule has 124 valence electrons. The van der Waals surface area contributed by atoms with Crippen LogP contribution in [0.1, 0.15) is 11.6 Å². The van der Waals surface area contributed by atoms with Crippen LogP contribution in [0.25, 0.3) is 0 Å². The minimum absolute atomic E-state index is 0.0434. The van der Waals surface area contributed by atoms with Crippen LogP contribution in [-0.4, -0.2) is 52.3 Å². The number of hydrogen-bond acceptors (Lipinski definition) is 3. The summed E-state index contributed by atoms with van der Waals surface area (Å²) in [7, 11) is 1.66. The van der Waals surface area contributed by atoms with Crippen LogP contribution in [0.4, 0.5) is 31.1 Å². The van der Waals surface area contributed by atoms with Gasteiger partial charge in [-0.25, -0.2) is 4.79 Å². The van der Waals surface area contributed by atoms with Gasteiger partial charge in [-0.05, 0) is 6.07 Å². The molecular weight excluding hydrogens is 320 g/mol. The topological polar surface area (TPSA) is 47.4 Å². The van der Waals surface area contributed by atoms with Crippen molar-refractivity contribution in [3.63, 3.8) is 0 Å². The number of ether oxygens (including phenoxy) is 1. The van der Waals surface area contributed by atoms with Gasteiger partial charge in [0.2, 0.25) is 0 Å². The molecule has 0 saturated carbocycles. The number of aromatic nitrogens is 2. The molecule has 0 spiro atoms. The summed E-state index contributed by atoms with van der Waals surface area (Å²) in [5.41, 5.74) is 0.606.